The fourth-order valence-electron chi connectivity index (χ4n) is 2.43. The molecule has 1 aliphatic heterocycles. The molecular weight excluding hydrogens is 264 g/mol. The highest BCUT2D eigenvalue weighted by Crippen LogP contribution is 2.22. The monoisotopic (exact) mass is 282 g/mol. The molecular formula is C14H19ClN2O2. The Bertz CT molecular complexity index is 488. The van der Waals surface area contributed by atoms with Crippen molar-refractivity contribution in [1.82, 2.24) is 9.88 Å². The lowest BCUT2D eigenvalue weighted by Gasteiger charge is -2.36. The van der Waals surface area contributed by atoms with Gasteiger partial charge in [0.25, 0.3) is 5.91 Å². The number of halogens is 1. The molecule has 0 radical (unpaired) electrons. The maximum absolute atomic E-state index is 12.4. The van der Waals surface area contributed by atoms with Gasteiger partial charge in [-0.2, -0.15) is 0 Å². The zero-order chi connectivity index (χ0) is 14.0. The summed E-state index contributed by atoms with van der Waals surface area (Å²) in [6, 6.07) is 3.36. The fourth-order valence-corrected chi connectivity index (χ4v) is 2.66. The van der Waals surface area contributed by atoms with Gasteiger partial charge in [0.1, 0.15) is 5.15 Å². The summed E-state index contributed by atoms with van der Waals surface area (Å²) in [6.45, 7) is 4.78. The number of piperidine rings is 1. The summed E-state index contributed by atoms with van der Waals surface area (Å²) in [5.41, 5.74) is 0.562. The average molecular weight is 283 g/mol. The molecule has 1 aliphatic rings. The van der Waals surface area contributed by atoms with Crippen LogP contribution in [0.25, 0.3) is 0 Å². The number of β-amino-alcohol motifs (C(OH)–C–C–N with tert-alkyl or cyclic N) is 1. The number of aliphatic hydroxyl groups is 1. The van der Waals surface area contributed by atoms with E-state index in [2.05, 4.69) is 4.98 Å². The molecule has 2 rings (SSSR count). The Morgan fingerprint density at radius 1 is 1.58 bits per heavy atom. The number of aromatic nitrogens is 1. The van der Waals surface area contributed by atoms with Crippen molar-refractivity contribution in [1.29, 1.82) is 0 Å². The molecule has 0 saturated carbocycles. The first-order chi connectivity index (χ1) is 8.91. The van der Waals surface area contributed by atoms with Crippen LogP contribution >= 0.6 is 11.6 Å². The van der Waals surface area contributed by atoms with Crippen LogP contribution in [-0.4, -0.2) is 39.6 Å². The Hall–Kier alpha value is -1.13. The molecule has 5 heteroatoms. The second kappa shape index (κ2) is 5.47. The van der Waals surface area contributed by atoms with Crippen LogP contribution in [0, 0.1) is 0 Å². The van der Waals surface area contributed by atoms with E-state index in [1.165, 1.54) is 0 Å². The zero-order valence-electron chi connectivity index (χ0n) is 11.3. The van der Waals surface area contributed by atoms with Gasteiger partial charge >= 0.3 is 0 Å². The molecule has 0 aromatic carbocycles. The maximum Gasteiger partial charge on any atom is 0.254 e. The van der Waals surface area contributed by atoms with Gasteiger partial charge in [0.05, 0.1) is 5.60 Å². The molecule has 1 unspecified atom stereocenters. The van der Waals surface area contributed by atoms with Gasteiger partial charge in [0.15, 0.2) is 0 Å². The van der Waals surface area contributed by atoms with Crippen LogP contribution in [0.2, 0.25) is 5.15 Å². The highest BCUT2D eigenvalue weighted by Gasteiger charge is 2.31. The maximum atomic E-state index is 12.4. The number of hydrogen-bond acceptors (Lipinski definition) is 3. The van der Waals surface area contributed by atoms with Crippen LogP contribution in [-0.2, 0) is 6.42 Å². The van der Waals surface area contributed by atoms with E-state index < -0.39 is 5.60 Å². The molecule has 1 saturated heterocycles. The number of carbonyl (C=O) groups is 1. The number of carbonyl (C=O) groups excluding carboxylic acids is 1. The van der Waals surface area contributed by atoms with Crippen LogP contribution in [0.15, 0.2) is 12.1 Å². The third-order valence-electron chi connectivity index (χ3n) is 3.42. The lowest BCUT2D eigenvalue weighted by atomic mass is 9.94. The molecule has 0 aliphatic carbocycles. The van der Waals surface area contributed by atoms with E-state index in [0.717, 1.165) is 25.0 Å². The van der Waals surface area contributed by atoms with E-state index in [-0.39, 0.29) is 5.91 Å². The molecule has 1 atom stereocenters. The minimum absolute atomic E-state index is 0.0843. The van der Waals surface area contributed by atoms with Crippen molar-refractivity contribution in [3.05, 3.63) is 28.5 Å². The summed E-state index contributed by atoms with van der Waals surface area (Å²) in [5, 5.41) is 10.4. The Labute approximate surface area is 118 Å². The van der Waals surface area contributed by atoms with Gasteiger partial charge in [-0.15, -0.1) is 0 Å². The number of nitrogens with zero attached hydrogens (tertiary/aromatic N) is 2. The van der Waals surface area contributed by atoms with Crippen molar-refractivity contribution < 1.29 is 9.90 Å². The molecule has 104 valence electrons. The van der Waals surface area contributed by atoms with Crippen molar-refractivity contribution in [2.75, 3.05) is 13.1 Å². The topological polar surface area (TPSA) is 53.4 Å². The standard InChI is InChI=1S/C14H19ClN2O2/c1-3-11-7-10(8-12(15)16-11)13(18)17-6-4-5-14(2,19)9-17/h7-8,19H,3-6,9H2,1-2H3. The SMILES string of the molecule is CCc1cc(C(=O)N2CCCC(C)(O)C2)cc(Cl)n1. The number of likely N-dealkylation sites (tertiary alicyclic amines) is 1. The van der Waals surface area contributed by atoms with E-state index in [9.17, 15) is 9.90 Å². The smallest absolute Gasteiger partial charge is 0.254 e. The molecule has 0 spiro atoms. The number of hydrogen-bond donors (Lipinski definition) is 1. The summed E-state index contributed by atoms with van der Waals surface area (Å²) >= 11 is 5.94. The summed E-state index contributed by atoms with van der Waals surface area (Å²) in [4.78, 5) is 18.3. The zero-order valence-corrected chi connectivity index (χ0v) is 12.1. The van der Waals surface area contributed by atoms with Crippen LogP contribution in [0.4, 0.5) is 0 Å². The predicted octanol–water partition coefficient (Wildman–Crippen LogP) is 2.28. The minimum Gasteiger partial charge on any atom is -0.388 e. The van der Waals surface area contributed by atoms with Gasteiger partial charge in [0.2, 0.25) is 0 Å². The quantitative estimate of drug-likeness (QED) is 0.847. The molecule has 1 N–H and O–H groups in total. The Balaban J connectivity index is 2.21. The van der Waals surface area contributed by atoms with Crippen molar-refractivity contribution in [2.24, 2.45) is 0 Å². The number of rotatable bonds is 2. The van der Waals surface area contributed by atoms with Gasteiger partial charge in [-0.1, -0.05) is 18.5 Å². The van der Waals surface area contributed by atoms with E-state index in [0.29, 0.717) is 23.8 Å². The average Bonchev–Trinajstić information content (AvgIpc) is 2.35. The first-order valence-electron chi connectivity index (χ1n) is 6.59. The van der Waals surface area contributed by atoms with Crippen LogP contribution in [0.3, 0.4) is 0 Å². The Morgan fingerprint density at radius 3 is 2.95 bits per heavy atom. The highest BCUT2D eigenvalue weighted by molar-refractivity contribution is 6.29. The summed E-state index contributed by atoms with van der Waals surface area (Å²) in [6.07, 6.45) is 2.28. The third kappa shape index (κ3) is 3.45. The van der Waals surface area contributed by atoms with Crippen LogP contribution < -0.4 is 0 Å². The Morgan fingerprint density at radius 2 is 2.32 bits per heavy atom. The van der Waals surface area contributed by atoms with Gasteiger partial charge in [-0.3, -0.25) is 4.79 Å². The second-order valence-corrected chi connectivity index (χ2v) is 5.74. The van der Waals surface area contributed by atoms with Crippen LogP contribution in [0.1, 0.15) is 42.7 Å². The molecule has 1 aromatic rings. The molecule has 1 aromatic heterocycles. The van der Waals surface area contributed by atoms with E-state index in [1.807, 2.05) is 6.92 Å². The molecule has 2 heterocycles. The number of amides is 1. The van der Waals surface area contributed by atoms with E-state index >= 15 is 0 Å². The lowest BCUT2D eigenvalue weighted by molar-refractivity contribution is -0.0107. The first-order valence-corrected chi connectivity index (χ1v) is 6.97. The van der Waals surface area contributed by atoms with Crippen molar-refractivity contribution in [3.8, 4) is 0 Å². The second-order valence-electron chi connectivity index (χ2n) is 5.35. The van der Waals surface area contributed by atoms with E-state index in [1.54, 1.807) is 24.0 Å². The number of pyridine rings is 1. The van der Waals surface area contributed by atoms with Gasteiger partial charge in [-0.25, -0.2) is 4.98 Å². The van der Waals surface area contributed by atoms with Gasteiger partial charge < -0.3 is 10.0 Å². The van der Waals surface area contributed by atoms with Crippen molar-refractivity contribution >= 4 is 17.5 Å². The van der Waals surface area contributed by atoms with Crippen LogP contribution in [0.5, 0.6) is 0 Å². The fraction of sp³-hybridized carbons (Fsp3) is 0.571. The predicted molar refractivity (Wildman–Crippen MR) is 74.4 cm³/mol. The van der Waals surface area contributed by atoms with Gasteiger partial charge in [0, 0.05) is 24.3 Å². The molecule has 4 nitrogen and oxygen atoms in total. The Kier molecular flexibility index (Phi) is 4.11. The minimum atomic E-state index is -0.793. The molecule has 1 amide bonds. The molecule has 1 fully saturated rings. The van der Waals surface area contributed by atoms with Crippen molar-refractivity contribution in [2.45, 2.75) is 38.7 Å². The summed E-state index contributed by atoms with van der Waals surface area (Å²) in [7, 11) is 0. The largest absolute Gasteiger partial charge is 0.388 e. The summed E-state index contributed by atoms with van der Waals surface area (Å²) < 4.78 is 0. The summed E-state index contributed by atoms with van der Waals surface area (Å²) in [5.74, 6) is -0.0843. The first kappa shape index (κ1) is 14.3. The van der Waals surface area contributed by atoms with Gasteiger partial charge in [-0.05, 0) is 38.3 Å². The normalized spacial score (nSPS) is 23.5. The lowest BCUT2D eigenvalue weighted by Crippen LogP contribution is -2.48. The molecule has 0 bridgehead atoms. The highest BCUT2D eigenvalue weighted by atomic mass is 35.5. The third-order valence-corrected chi connectivity index (χ3v) is 3.61. The van der Waals surface area contributed by atoms with Crippen molar-refractivity contribution in [3.63, 3.8) is 0 Å². The number of aryl methyl sites for hydroxylation is 1. The molecule has 19 heavy (non-hydrogen) atoms. The van der Waals surface area contributed by atoms with E-state index in [4.69, 9.17) is 11.6 Å².